The second-order valence-corrected chi connectivity index (χ2v) is 7.82. The number of aryl methyl sites for hydroxylation is 1. The Labute approximate surface area is 181 Å². The van der Waals surface area contributed by atoms with Crippen LogP contribution in [0.25, 0.3) is 17.2 Å². The molecule has 3 aromatic rings. The number of carbonyl (C=O) groups is 1. The number of Topliss-reactive ketones (excluding diaryl/α,β-unsaturated/α-hetero) is 1. The molecule has 0 saturated carbocycles. The van der Waals surface area contributed by atoms with E-state index in [4.69, 9.17) is 4.74 Å². The number of hydrogen-bond donors (Lipinski definition) is 0. The maximum atomic E-state index is 14.0. The topological polar surface area (TPSA) is 26.3 Å². The van der Waals surface area contributed by atoms with E-state index < -0.39 is 17.4 Å². The maximum absolute atomic E-state index is 14.0. The summed E-state index contributed by atoms with van der Waals surface area (Å²) in [4.78, 5) is 13.1. The monoisotopic (exact) mass is 418 g/mol. The fraction of sp³-hybridized carbons (Fsp3) is 0.222. The van der Waals surface area contributed by atoms with Crippen molar-refractivity contribution < 1.29 is 18.3 Å². The fourth-order valence-electron chi connectivity index (χ4n) is 4.03. The molecule has 0 aliphatic heterocycles. The lowest BCUT2D eigenvalue weighted by molar-refractivity contribution is 0.0975. The molecule has 0 saturated heterocycles. The van der Waals surface area contributed by atoms with Gasteiger partial charge in [-0.3, -0.25) is 4.79 Å². The normalized spacial score (nSPS) is 15.1. The van der Waals surface area contributed by atoms with Crippen LogP contribution in [-0.2, 0) is 6.42 Å². The Bertz CT molecular complexity index is 1120. The van der Waals surface area contributed by atoms with Crippen LogP contribution in [0, 0.1) is 11.6 Å². The first-order valence-electron chi connectivity index (χ1n) is 10.5. The van der Waals surface area contributed by atoms with Crippen molar-refractivity contribution in [3.8, 4) is 16.9 Å². The molecule has 1 atom stereocenters. The van der Waals surface area contributed by atoms with Gasteiger partial charge in [0.2, 0.25) is 0 Å². The summed E-state index contributed by atoms with van der Waals surface area (Å²) in [5.74, 6) is -2.19. The van der Waals surface area contributed by atoms with E-state index in [0.29, 0.717) is 11.1 Å². The summed E-state index contributed by atoms with van der Waals surface area (Å²) in [5, 5.41) is 0. The van der Waals surface area contributed by atoms with Crippen LogP contribution < -0.4 is 4.74 Å². The van der Waals surface area contributed by atoms with Crippen LogP contribution in [0.3, 0.4) is 0 Å². The minimum absolute atomic E-state index is 0.0637. The highest BCUT2D eigenvalue weighted by Gasteiger charge is 2.25. The third-order valence-corrected chi connectivity index (χ3v) is 5.76. The van der Waals surface area contributed by atoms with Crippen LogP contribution in [0.5, 0.6) is 5.75 Å². The zero-order valence-electron chi connectivity index (χ0n) is 17.6. The number of carbonyl (C=O) groups excluding carboxylic acids is 1. The van der Waals surface area contributed by atoms with E-state index in [-0.39, 0.29) is 11.7 Å². The van der Waals surface area contributed by atoms with Crippen LogP contribution >= 0.6 is 0 Å². The molecule has 1 aliphatic carbocycles. The van der Waals surface area contributed by atoms with Crippen molar-refractivity contribution in [2.45, 2.75) is 32.1 Å². The highest BCUT2D eigenvalue weighted by atomic mass is 19.1. The van der Waals surface area contributed by atoms with Crippen LogP contribution in [0.2, 0.25) is 0 Å². The molecule has 0 N–H and O–H groups in total. The zero-order chi connectivity index (χ0) is 22.0. The Morgan fingerprint density at radius 1 is 0.935 bits per heavy atom. The molecule has 0 bridgehead atoms. The number of fused-ring (bicyclic) bond motifs is 1. The second-order valence-electron chi connectivity index (χ2n) is 7.82. The summed E-state index contributed by atoms with van der Waals surface area (Å²) in [5.41, 5.74) is 4.88. The zero-order valence-corrected chi connectivity index (χ0v) is 17.6. The van der Waals surface area contributed by atoms with Gasteiger partial charge in [0, 0.05) is 5.56 Å². The van der Waals surface area contributed by atoms with E-state index in [1.807, 2.05) is 36.4 Å². The van der Waals surface area contributed by atoms with Gasteiger partial charge in [-0.15, -0.1) is 0 Å². The van der Waals surface area contributed by atoms with Crippen LogP contribution in [0.4, 0.5) is 8.78 Å². The first kappa shape index (κ1) is 21.0. The molecule has 3 aromatic carbocycles. The average molecular weight is 418 g/mol. The van der Waals surface area contributed by atoms with E-state index in [9.17, 15) is 13.6 Å². The number of hydrogen-bond acceptors (Lipinski definition) is 2. The summed E-state index contributed by atoms with van der Waals surface area (Å²) in [6.45, 7) is 2.17. The molecular weight excluding hydrogens is 394 g/mol. The number of methoxy groups -OCH3 is 1. The predicted molar refractivity (Wildman–Crippen MR) is 120 cm³/mol. The van der Waals surface area contributed by atoms with Crippen LogP contribution in [-0.4, -0.2) is 12.9 Å². The van der Waals surface area contributed by atoms with Crippen molar-refractivity contribution >= 4 is 11.9 Å². The van der Waals surface area contributed by atoms with Crippen molar-refractivity contribution in [1.82, 2.24) is 0 Å². The van der Waals surface area contributed by atoms with E-state index in [1.54, 1.807) is 12.1 Å². The van der Waals surface area contributed by atoms with Gasteiger partial charge in [0.1, 0.15) is 0 Å². The number of allylic oxidation sites excluding steroid dienone is 1. The predicted octanol–water partition coefficient (Wildman–Crippen LogP) is 6.98. The quantitative estimate of drug-likeness (QED) is 0.432. The Kier molecular flexibility index (Phi) is 5.99. The van der Waals surface area contributed by atoms with Gasteiger partial charge in [0.05, 0.1) is 13.0 Å². The molecule has 1 unspecified atom stereocenters. The highest BCUT2D eigenvalue weighted by molar-refractivity contribution is 6.07. The van der Waals surface area contributed by atoms with E-state index in [0.717, 1.165) is 36.0 Å². The summed E-state index contributed by atoms with van der Waals surface area (Å²) < 4.78 is 32.8. The molecule has 0 fully saturated rings. The Morgan fingerprint density at radius 3 is 2.29 bits per heavy atom. The number of halogens is 2. The van der Waals surface area contributed by atoms with Gasteiger partial charge in [0.25, 0.3) is 0 Å². The van der Waals surface area contributed by atoms with E-state index >= 15 is 0 Å². The molecule has 0 heterocycles. The van der Waals surface area contributed by atoms with Crippen molar-refractivity contribution in [3.05, 3.63) is 94.6 Å². The van der Waals surface area contributed by atoms with Crippen LogP contribution in [0.15, 0.2) is 60.7 Å². The molecule has 4 heteroatoms. The van der Waals surface area contributed by atoms with Crippen molar-refractivity contribution in [2.75, 3.05) is 7.11 Å². The fourth-order valence-corrected chi connectivity index (χ4v) is 4.03. The third kappa shape index (κ3) is 4.15. The Hall–Kier alpha value is -3.27. The molecule has 4 rings (SSSR count). The standard InChI is InChI=1S/C27H24F2O2/c1-3-4-5-17-6-12-23-20(14-17)11-13-22(26(23)30)19-9-7-18(8-10-19)21-15-24(28)27(31-2)25(29)16-21/h6-16,22H,3-5H2,1-2H3. The lowest BCUT2D eigenvalue weighted by Gasteiger charge is -2.20. The van der Waals surface area contributed by atoms with Gasteiger partial charge in [-0.1, -0.05) is 68.0 Å². The van der Waals surface area contributed by atoms with Crippen molar-refractivity contribution in [2.24, 2.45) is 0 Å². The number of unbranched alkanes of at least 4 members (excludes halogenated alkanes) is 1. The molecule has 0 radical (unpaired) electrons. The van der Waals surface area contributed by atoms with E-state index in [2.05, 4.69) is 13.0 Å². The SMILES string of the molecule is CCCCc1ccc2c(c1)C=CC(c1ccc(-c3cc(F)c(OC)c(F)c3)cc1)C2=O. The van der Waals surface area contributed by atoms with Gasteiger partial charge >= 0.3 is 0 Å². The number of rotatable bonds is 6. The van der Waals surface area contributed by atoms with Crippen molar-refractivity contribution in [3.63, 3.8) is 0 Å². The molecule has 0 aromatic heterocycles. The summed E-state index contributed by atoms with van der Waals surface area (Å²) in [7, 11) is 1.23. The largest absolute Gasteiger partial charge is 0.491 e. The number of ketones is 1. The first-order valence-corrected chi connectivity index (χ1v) is 10.5. The van der Waals surface area contributed by atoms with Gasteiger partial charge in [-0.05, 0) is 52.8 Å². The number of benzene rings is 3. The number of ether oxygens (including phenoxy) is 1. The third-order valence-electron chi connectivity index (χ3n) is 5.76. The molecule has 31 heavy (non-hydrogen) atoms. The molecule has 2 nitrogen and oxygen atoms in total. The Balaban J connectivity index is 1.58. The highest BCUT2D eigenvalue weighted by Crippen LogP contribution is 2.33. The second kappa shape index (κ2) is 8.84. The van der Waals surface area contributed by atoms with Crippen molar-refractivity contribution in [1.29, 1.82) is 0 Å². The molecule has 0 amide bonds. The Morgan fingerprint density at radius 2 is 1.65 bits per heavy atom. The minimum atomic E-state index is -0.748. The summed E-state index contributed by atoms with van der Waals surface area (Å²) >= 11 is 0. The van der Waals surface area contributed by atoms with Gasteiger partial charge < -0.3 is 4.74 Å². The lowest BCUT2D eigenvalue weighted by atomic mass is 9.83. The maximum Gasteiger partial charge on any atom is 0.190 e. The van der Waals surface area contributed by atoms with Crippen LogP contribution in [0.1, 0.15) is 52.7 Å². The summed E-state index contributed by atoms with van der Waals surface area (Å²) in [6, 6.07) is 15.8. The van der Waals surface area contributed by atoms with Gasteiger partial charge in [-0.2, -0.15) is 0 Å². The lowest BCUT2D eigenvalue weighted by Crippen LogP contribution is -2.15. The minimum Gasteiger partial charge on any atom is -0.491 e. The molecule has 158 valence electrons. The molecular formula is C27H24F2O2. The molecule has 1 aliphatic rings. The first-order chi connectivity index (χ1) is 15.0. The molecule has 0 spiro atoms. The summed E-state index contributed by atoms with van der Waals surface area (Å²) in [6.07, 6.45) is 7.23. The van der Waals surface area contributed by atoms with E-state index in [1.165, 1.54) is 24.8 Å². The van der Waals surface area contributed by atoms with Gasteiger partial charge in [0.15, 0.2) is 23.2 Å². The smallest absolute Gasteiger partial charge is 0.190 e. The van der Waals surface area contributed by atoms with Gasteiger partial charge in [-0.25, -0.2) is 8.78 Å². The average Bonchev–Trinajstić information content (AvgIpc) is 2.78.